The summed E-state index contributed by atoms with van der Waals surface area (Å²) in [6.07, 6.45) is 5.50. The van der Waals surface area contributed by atoms with Crippen LogP contribution in [0, 0.1) is 5.92 Å². The van der Waals surface area contributed by atoms with E-state index in [1.165, 1.54) is 0 Å². The van der Waals surface area contributed by atoms with E-state index in [4.69, 9.17) is 4.74 Å². The highest BCUT2D eigenvalue weighted by atomic mass is 16.5. The van der Waals surface area contributed by atoms with Crippen LogP contribution in [0.3, 0.4) is 0 Å². The van der Waals surface area contributed by atoms with Crippen LogP contribution in [-0.2, 0) is 9.53 Å². The predicted octanol–water partition coefficient (Wildman–Crippen LogP) is 2.52. The molecule has 1 N–H and O–H groups in total. The number of hydrogen-bond acceptors (Lipinski definition) is 3. The molecule has 0 bridgehead atoms. The van der Waals surface area contributed by atoms with Crippen LogP contribution in [0.2, 0.25) is 0 Å². The second-order valence-electron chi connectivity index (χ2n) is 5.34. The van der Waals surface area contributed by atoms with Gasteiger partial charge in [-0.15, -0.1) is 0 Å². The SMILES string of the molecule is C=C1C(=O)O[C@@H]2/C=C(/C)C[C@H](O)/C=C(/C)CC[C@@H]12. The van der Waals surface area contributed by atoms with E-state index < -0.39 is 6.10 Å². The summed E-state index contributed by atoms with van der Waals surface area (Å²) >= 11 is 0. The Balaban J connectivity index is 2.27. The number of ether oxygens (including phenoxy) is 1. The molecule has 98 valence electrons. The fraction of sp³-hybridized carbons (Fsp3) is 0.533. The summed E-state index contributed by atoms with van der Waals surface area (Å²) in [6, 6.07) is 0. The fourth-order valence-corrected chi connectivity index (χ4v) is 2.65. The Labute approximate surface area is 108 Å². The van der Waals surface area contributed by atoms with Gasteiger partial charge in [0, 0.05) is 11.5 Å². The molecular weight excluding hydrogens is 228 g/mol. The van der Waals surface area contributed by atoms with Crippen molar-refractivity contribution in [1.82, 2.24) is 0 Å². The number of hydrogen-bond donors (Lipinski definition) is 1. The number of aliphatic hydroxyl groups excluding tert-OH is 1. The zero-order valence-corrected chi connectivity index (χ0v) is 11.0. The maximum Gasteiger partial charge on any atom is 0.334 e. The van der Waals surface area contributed by atoms with E-state index in [1.807, 2.05) is 26.0 Å². The van der Waals surface area contributed by atoms with Gasteiger partial charge in [0.15, 0.2) is 0 Å². The second kappa shape index (κ2) is 5.11. The summed E-state index contributed by atoms with van der Waals surface area (Å²) < 4.78 is 5.33. The number of esters is 1. The number of fused-ring (bicyclic) bond motifs is 1. The van der Waals surface area contributed by atoms with Gasteiger partial charge in [0.2, 0.25) is 0 Å². The summed E-state index contributed by atoms with van der Waals surface area (Å²) in [5, 5.41) is 9.87. The molecule has 0 aromatic carbocycles. The molecule has 0 radical (unpaired) electrons. The van der Waals surface area contributed by atoms with Gasteiger partial charge in [0.25, 0.3) is 0 Å². The third kappa shape index (κ3) is 2.72. The van der Waals surface area contributed by atoms with E-state index in [2.05, 4.69) is 6.58 Å². The van der Waals surface area contributed by atoms with Crippen molar-refractivity contribution in [2.45, 2.75) is 45.3 Å². The van der Waals surface area contributed by atoms with Crippen molar-refractivity contribution in [2.24, 2.45) is 5.92 Å². The molecule has 3 nitrogen and oxygen atoms in total. The lowest BCUT2D eigenvalue weighted by molar-refractivity contribution is -0.137. The van der Waals surface area contributed by atoms with Crippen molar-refractivity contribution >= 4 is 5.97 Å². The van der Waals surface area contributed by atoms with E-state index >= 15 is 0 Å². The van der Waals surface area contributed by atoms with E-state index in [-0.39, 0.29) is 18.0 Å². The van der Waals surface area contributed by atoms with Crippen LogP contribution in [0.5, 0.6) is 0 Å². The van der Waals surface area contributed by atoms with Crippen LogP contribution in [0.25, 0.3) is 0 Å². The molecule has 0 aromatic heterocycles. The van der Waals surface area contributed by atoms with Gasteiger partial charge in [-0.1, -0.05) is 23.8 Å². The van der Waals surface area contributed by atoms with Crippen LogP contribution in [-0.4, -0.2) is 23.3 Å². The molecule has 3 atom stereocenters. The number of aliphatic hydroxyl groups is 1. The average molecular weight is 248 g/mol. The van der Waals surface area contributed by atoms with Crippen molar-refractivity contribution in [3.63, 3.8) is 0 Å². The Kier molecular flexibility index (Phi) is 3.71. The standard InChI is InChI=1S/C15H20O3/c1-9-4-5-13-11(3)15(17)18-14(13)8-10(2)7-12(16)6-9/h6,8,12-14,16H,3-5,7H2,1-2H3/b9-6-,10-8-/t12-,13+,14-/m1/s1. The summed E-state index contributed by atoms with van der Waals surface area (Å²) in [5.41, 5.74) is 2.78. The third-order valence-electron chi connectivity index (χ3n) is 3.66. The van der Waals surface area contributed by atoms with E-state index in [0.29, 0.717) is 12.0 Å². The zero-order chi connectivity index (χ0) is 13.3. The van der Waals surface area contributed by atoms with Crippen molar-refractivity contribution < 1.29 is 14.6 Å². The largest absolute Gasteiger partial charge is 0.454 e. The maximum atomic E-state index is 11.6. The van der Waals surface area contributed by atoms with Gasteiger partial charge in [0.1, 0.15) is 6.10 Å². The number of carbonyl (C=O) groups excluding carboxylic acids is 1. The molecule has 0 spiro atoms. The van der Waals surface area contributed by atoms with Crippen molar-refractivity contribution in [3.8, 4) is 0 Å². The molecule has 2 aliphatic rings. The molecule has 18 heavy (non-hydrogen) atoms. The summed E-state index contributed by atoms with van der Waals surface area (Å²) in [4.78, 5) is 11.6. The van der Waals surface area contributed by atoms with E-state index in [0.717, 1.165) is 24.0 Å². The van der Waals surface area contributed by atoms with Crippen LogP contribution >= 0.6 is 0 Å². The van der Waals surface area contributed by atoms with E-state index in [9.17, 15) is 9.90 Å². The molecule has 0 saturated carbocycles. The number of rotatable bonds is 0. The number of carbonyl (C=O) groups is 1. The topological polar surface area (TPSA) is 46.5 Å². The molecule has 3 heteroatoms. The lowest BCUT2D eigenvalue weighted by Gasteiger charge is -2.18. The first kappa shape index (κ1) is 13.1. The molecule has 0 amide bonds. The Morgan fingerprint density at radius 3 is 2.78 bits per heavy atom. The third-order valence-corrected chi connectivity index (χ3v) is 3.66. The van der Waals surface area contributed by atoms with Gasteiger partial charge < -0.3 is 9.84 Å². The molecule has 2 rings (SSSR count). The minimum Gasteiger partial charge on any atom is -0.454 e. The molecule has 1 saturated heterocycles. The summed E-state index contributed by atoms with van der Waals surface area (Å²) in [6.45, 7) is 7.81. The van der Waals surface area contributed by atoms with Gasteiger partial charge in [-0.2, -0.15) is 0 Å². The Morgan fingerprint density at radius 1 is 1.33 bits per heavy atom. The summed E-state index contributed by atoms with van der Waals surface area (Å²) in [5.74, 6) is -0.207. The van der Waals surface area contributed by atoms with Gasteiger partial charge >= 0.3 is 5.97 Å². The van der Waals surface area contributed by atoms with Crippen LogP contribution in [0.15, 0.2) is 35.5 Å². The molecule has 1 aliphatic carbocycles. The van der Waals surface area contributed by atoms with Crippen LogP contribution in [0.4, 0.5) is 0 Å². The Hall–Kier alpha value is -1.35. The molecule has 0 aromatic rings. The average Bonchev–Trinajstić information content (AvgIpc) is 2.51. The highest BCUT2D eigenvalue weighted by Crippen LogP contribution is 2.34. The molecule has 0 unspecified atom stereocenters. The van der Waals surface area contributed by atoms with Gasteiger partial charge in [0.05, 0.1) is 6.10 Å². The molecule has 1 fully saturated rings. The first-order valence-electron chi connectivity index (χ1n) is 6.40. The van der Waals surface area contributed by atoms with Crippen LogP contribution < -0.4 is 0 Å². The molecule has 1 aliphatic heterocycles. The quantitative estimate of drug-likeness (QED) is 0.407. The zero-order valence-electron chi connectivity index (χ0n) is 11.0. The first-order chi connectivity index (χ1) is 8.47. The van der Waals surface area contributed by atoms with Crippen molar-refractivity contribution in [1.29, 1.82) is 0 Å². The maximum absolute atomic E-state index is 11.6. The highest BCUT2D eigenvalue weighted by Gasteiger charge is 2.37. The smallest absolute Gasteiger partial charge is 0.334 e. The normalized spacial score (nSPS) is 39.2. The van der Waals surface area contributed by atoms with Crippen LogP contribution in [0.1, 0.15) is 33.1 Å². The monoisotopic (exact) mass is 248 g/mol. The fourth-order valence-electron chi connectivity index (χ4n) is 2.65. The number of allylic oxidation sites excluding steroid dienone is 1. The highest BCUT2D eigenvalue weighted by molar-refractivity contribution is 5.91. The Morgan fingerprint density at radius 2 is 2.06 bits per heavy atom. The van der Waals surface area contributed by atoms with Crippen molar-refractivity contribution in [2.75, 3.05) is 0 Å². The predicted molar refractivity (Wildman–Crippen MR) is 69.9 cm³/mol. The van der Waals surface area contributed by atoms with Gasteiger partial charge in [-0.25, -0.2) is 4.79 Å². The molecule has 1 heterocycles. The summed E-state index contributed by atoms with van der Waals surface area (Å²) in [7, 11) is 0. The lowest BCUT2D eigenvalue weighted by atomic mass is 9.88. The minimum absolute atomic E-state index is 0.0750. The first-order valence-corrected chi connectivity index (χ1v) is 6.40. The van der Waals surface area contributed by atoms with Crippen molar-refractivity contribution in [3.05, 3.63) is 35.5 Å². The minimum atomic E-state index is -0.446. The second-order valence-corrected chi connectivity index (χ2v) is 5.34. The van der Waals surface area contributed by atoms with Gasteiger partial charge in [-0.05, 0) is 39.2 Å². The van der Waals surface area contributed by atoms with E-state index in [1.54, 1.807) is 0 Å². The Bertz CT molecular complexity index is 431. The molecular formula is C15H20O3. The lowest BCUT2D eigenvalue weighted by Crippen LogP contribution is -2.17. The van der Waals surface area contributed by atoms with Gasteiger partial charge in [-0.3, -0.25) is 0 Å².